The zero-order valence-corrected chi connectivity index (χ0v) is 17.5. The molecule has 1 fully saturated rings. The average molecular weight is 438 g/mol. The summed E-state index contributed by atoms with van der Waals surface area (Å²) in [6.45, 7) is 1.59. The van der Waals surface area contributed by atoms with Crippen LogP contribution in [0.3, 0.4) is 0 Å². The molecule has 31 heavy (non-hydrogen) atoms. The average Bonchev–Trinajstić information content (AvgIpc) is 2.78. The number of benzene rings is 3. The minimum atomic E-state index is -0.408. The van der Waals surface area contributed by atoms with Gasteiger partial charge in [-0.25, -0.2) is 9.18 Å². The molecule has 0 aliphatic carbocycles. The van der Waals surface area contributed by atoms with Crippen molar-refractivity contribution in [3.63, 3.8) is 0 Å². The van der Waals surface area contributed by atoms with Crippen molar-refractivity contribution in [1.82, 2.24) is 4.90 Å². The molecule has 0 unspecified atom stereocenters. The van der Waals surface area contributed by atoms with Gasteiger partial charge in [-0.2, -0.15) is 0 Å². The third kappa shape index (κ3) is 4.70. The Balaban J connectivity index is 1.55. The van der Waals surface area contributed by atoms with Gasteiger partial charge >= 0.3 is 6.03 Å². The summed E-state index contributed by atoms with van der Waals surface area (Å²) in [4.78, 5) is 29.3. The van der Waals surface area contributed by atoms with Crippen LogP contribution in [0.25, 0.3) is 0 Å². The molecule has 0 saturated carbocycles. The van der Waals surface area contributed by atoms with Crippen molar-refractivity contribution < 1.29 is 14.0 Å². The lowest BCUT2D eigenvalue weighted by molar-refractivity contribution is 0.102. The molecule has 3 aromatic rings. The van der Waals surface area contributed by atoms with E-state index in [0.29, 0.717) is 41.6 Å². The number of amides is 3. The summed E-state index contributed by atoms with van der Waals surface area (Å²) in [7, 11) is 0. The highest BCUT2D eigenvalue weighted by Gasteiger charge is 2.29. The number of carbonyl (C=O) groups excluding carboxylic acids is 2. The van der Waals surface area contributed by atoms with Crippen LogP contribution in [0, 0.1) is 5.82 Å². The summed E-state index contributed by atoms with van der Waals surface area (Å²) >= 11 is 6.27. The van der Waals surface area contributed by atoms with Gasteiger partial charge < -0.3 is 10.2 Å². The standard InChI is InChI=1S/C24H21ClFN3O2/c25-20-7-2-1-6-18(20)16-28-14-5-15-29(24(28)31)22-9-4-3-8-21(22)27-23(30)17-10-12-19(26)13-11-17/h1-4,6-13H,5,14-16H2,(H,27,30). The number of nitrogens with one attached hydrogen (secondary N) is 1. The quantitative estimate of drug-likeness (QED) is 0.567. The normalized spacial score (nSPS) is 13.9. The van der Waals surface area contributed by atoms with Gasteiger partial charge in [-0.05, 0) is 54.4 Å². The number of nitrogens with zero attached hydrogens (tertiary/aromatic N) is 2. The molecule has 7 heteroatoms. The molecule has 0 aromatic heterocycles. The molecule has 0 radical (unpaired) electrons. The van der Waals surface area contributed by atoms with Gasteiger partial charge in [-0.15, -0.1) is 0 Å². The molecule has 3 aromatic carbocycles. The van der Waals surface area contributed by atoms with E-state index in [2.05, 4.69) is 5.32 Å². The van der Waals surface area contributed by atoms with Crippen LogP contribution in [-0.4, -0.2) is 29.9 Å². The molecule has 5 nitrogen and oxygen atoms in total. The van der Waals surface area contributed by atoms with Crippen molar-refractivity contribution in [2.75, 3.05) is 23.3 Å². The van der Waals surface area contributed by atoms with E-state index in [-0.39, 0.29) is 11.9 Å². The third-order valence-corrected chi connectivity index (χ3v) is 5.55. The lowest BCUT2D eigenvalue weighted by atomic mass is 10.1. The number of halogens is 2. The van der Waals surface area contributed by atoms with E-state index in [1.807, 2.05) is 30.3 Å². The maximum atomic E-state index is 13.2. The zero-order chi connectivity index (χ0) is 21.8. The number of anilines is 2. The maximum absolute atomic E-state index is 13.2. The first-order chi connectivity index (χ1) is 15.0. The Morgan fingerprint density at radius 2 is 1.68 bits per heavy atom. The second-order valence-electron chi connectivity index (χ2n) is 7.28. The second kappa shape index (κ2) is 9.18. The second-order valence-corrected chi connectivity index (χ2v) is 7.69. The van der Waals surface area contributed by atoms with Crippen LogP contribution in [0.15, 0.2) is 72.8 Å². The monoisotopic (exact) mass is 437 g/mol. The topological polar surface area (TPSA) is 52.7 Å². The fraction of sp³-hybridized carbons (Fsp3) is 0.167. The van der Waals surface area contributed by atoms with Crippen LogP contribution >= 0.6 is 11.6 Å². The zero-order valence-electron chi connectivity index (χ0n) is 16.7. The van der Waals surface area contributed by atoms with Gasteiger partial charge in [0.05, 0.1) is 11.4 Å². The molecule has 3 amide bonds. The van der Waals surface area contributed by atoms with Crippen LogP contribution in [-0.2, 0) is 6.54 Å². The Bertz CT molecular complexity index is 1100. The van der Waals surface area contributed by atoms with Gasteiger partial charge in [0.2, 0.25) is 0 Å². The summed E-state index contributed by atoms with van der Waals surface area (Å²) in [6, 6.07) is 19.8. The summed E-state index contributed by atoms with van der Waals surface area (Å²) in [5, 5.41) is 3.47. The van der Waals surface area contributed by atoms with Gasteiger partial charge in [-0.1, -0.05) is 41.9 Å². The largest absolute Gasteiger partial charge is 0.324 e. The minimum Gasteiger partial charge on any atom is -0.320 e. The van der Waals surface area contributed by atoms with Crippen LogP contribution in [0.1, 0.15) is 22.3 Å². The Morgan fingerprint density at radius 1 is 0.968 bits per heavy atom. The van der Waals surface area contributed by atoms with E-state index in [1.165, 1.54) is 24.3 Å². The molecule has 1 heterocycles. The number of carbonyl (C=O) groups is 2. The molecule has 1 saturated heterocycles. The number of rotatable bonds is 5. The molecule has 4 rings (SSSR count). The van der Waals surface area contributed by atoms with Gasteiger partial charge in [-0.3, -0.25) is 9.69 Å². The smallest absolute Gasteiger partial charge is 0.320 e. The van der Waals surface area contributed by atoms with Crippen molar-refractivity contribution >= 4 is 34.9 Å². The highest BCUT2D eigenvalue weighted by atomic mass is 35.5. The van der Waals surface area contributed by atoms with E-state index in [1.54, 1.807) is 28.0 Å². The first kappa shape index (κ1) is 20.9. The molecule has 0 spiro atoms. The molecule has 158 valence electrons. The fourth-order valence-corrected chi connectivity index (χ4v) is 3.79. The summed E-state index contributed by atoms with van der Waals surface area (Å²) in [6.07, 6.45) is 0.788. The van der Waals surface area contributed by atoms with E-state index >= 15 is 0 Å². The van der Waals surface area contributed by atoms with E-state index in [4.69, 9.17) is 11.6 Å². The lowest BCUT2D eigenvalue weighted by Crippen LogP contribution is -2.49. The van der Waals surface area contributed by atoms with Crippen LogP contribution in [0.2, 0.25) is 5.02 Å². The van der Waals surface area contributed by atoms with E-state index in [0.717, 1.165) is 12.0 Å². The predicted molar refractivity (Wildman–Crippen MR) is 120 cm³/mol. The lowest BCUT2D eigenvalue weighted by Gasteiger charge is -2.36. The molecule has 0 bridgehead atoms. The van der Waals surface area contributed by atoms with Gasteiger partial charge in [0.15, 0.2) is 0 Å². The van der Waals surface area contributed by atoms with Crippen molar-refractivity contribution in [3.05, 3.63) is 94.8 Å². The van der Waals surface area contributed by atoms with Crippen molar-refractivity contribution in [2.24, 2.45) is 0 Å². The summed E-state index contributed by atoms with van der Waals surface area (Å²) in [5.41, 5.74) is 2.36. The van der Waals surface area contributed by atoms with Crippen molar-refractivity contribution in [2.45, 2.75) is 13.0 Å². The molecule has 1 N–H and O–H groups in total. The van der Waals surface area contributed by atoms with E-state index < -0.39 is 5.82 Å². The molecule has 1 aliphatic heterocycles. The Kier molecular flexibility index (Phi) is 6.18. The fourth-order valence-electron chi connectivity index (χ4n) is 3.59. The third-order valence-electron chi connectivity index (χ3n) is 5.18. The first-order valence-electron chi connectivity index (χ1n) is 9.99. The van der Waals surface area contributed by atoms with Crippen molar-refractivity contribution in [1.29, 1.82) is 0 Å². The molecular weight excluding hydrogens is 417 g/mol. The Morgan fingerprint density at radius 3 is 2.45 bits per heavy atom. The molecule has 0 atom stereocenters. The van der Waals surface area contributed by atoms with Crippen molar-refractivity contribution in [3.8, 4) is 0 Å². The summed E-state index contributed by atoms with van der Waals surface area (Å²) < 4.78 is 13.2. The predicted octanol–water partition coefficient (Wildman–Crippen LogP) is 5.56. The first-order valence-corrected chi connectivity index (χ1v) is 10.4. The van der Waals surface area contributed by atoms with Gasteiger partial charge in [0.25, 0.3) is 5.91 Å². The molecular formula is C24H21ClFN3O2. The summed E-state index contributed by atoms with van der Waals surface area (Å²) in [5.74, 6) is -0.778. The SMILES string of the molecule is O=C(Nc1ccccc1N1CCCN(Cc2ccccc2Cl)C1=O)c1ccc(F)cc1. The van der Waals surface area contributed by atoms with Crippen LogP contribution in [0.4, 0.5) is 20.6 Å². The Hall–Kier alpha value is -3.38. The van der Waals surface area contributed by atoms with Gasteiger partial charge in [0, 0.05) is 30.2 Å². The maximum Gasteiger partial charge on any atom is 0.324 e. The highest BCUT2D eigenvalue weighted by molar-refractivity contribution is 6.31. The number of hydrogen-bond donors (Lipinski definition) is 1. The van der Waals surface area contributed by atoms with Crippen LogP contribution in [0.5, 0.6) is 0 Å². The Labute approximate surface area is 185 Å². The van der Waals surface area contributed by atoms with Crippen LogP contribution < -0.4 is 10.2 Å². The van der Waals surface area contributed by atoms with E-state index in [9.17, 15) is 14.0 Å². The number of hydrogen-bond acceptors (Lipinski definition) is 2. The number of para-hydroxylation sites is 2. The number of urea groups is 1. The highest BCUT2D eigenvalue weighted by Crippen LogP contribution is 2.30. The van der Waals surface area contributed by atoms with Gasteiger partial charge in [0.1, 0.15) is 5.82 Å². The minimum absolute atomic E-state index is 0.144. The molecule has 1 aliphatic rings.